The lowest BCUT2D eigenvalue weighted by Crippen LogP contribution is -2.46. The molecule has 1 aromatic rings. The van der Waals surface area contributed by atoms with Crippen LogP contribution in [0.4, 0.5) is 5.82 Å². The Morgan fingerprint density at radius 3 is 3.28 bits per heavy atom. The molecule has 7 nitrogen and oxygen atoms in total. The van der Waals surface area contributed by atoms with Gasteiger partial charge in [0, 0.05) is 25.8 Å². The Bertz CT molecular complexity index is 427. The third-order valence-electron chi connectivity index (χ3n) is 2.73. The molecule has 0 radical (unpaired) electrons. The van der Waals surface area contributed by atoms with E-state index in [1.807, 2.05) is 4.90 Å². The molecule has 0 aromatic carbocycles. The minimum atomic E-state index is -0.541. The molecule has 1 aliphatic rings. The predicted octanol–water partition coefficient (Wildman–Crippen LogP) is -0.573. The van der Waals surface area contributed by atoms with Crippen LogP contribution in [0, 0.1) is 0 Å². The highest BCUT2D eigenvalue weighted by Gasteiger charge is 2.21. The molecule has 1 fully saturated rings. The summed E-state index contributed by atoms with van der Waals surface area (Å²) in [7, 11) is 1.30. The minimum Gasteiger partial charge on any atom is -0.463 e. The predicted molar refractivity (Wildman–Crippen MR) is 64.4 cm³/mol. The van der Waals surface area contributed by atoms with Gasteiger partial charge in [0.05, 0.1) is 19.8 Å². The average molecular weight is 252 g/mol. The highest BCUT2D eigenvalue weighted by atomic mass is 16.5. The number of hydrogen-bond donors (Lipinski definition) is 1. The summed E-state index contributed by atoms with van der Waals surface area (Å²) in [6.45, 7) is 2.44. The first-order valence-electron chi connectivity index (χ1n) is 5.72. The Hall–Kier alpha value is -1.73. The van der Waals surface area contributed by atoms with Gasteiger partial charge >= 0.3 is 5.97 Å². The van der Waals surface area contributed by atoms with E-state index in [9.17, 15) is 4.79 Å². The zero-order valence-electron chi connectivity index (χ0n) is 10.2. The van der Waals surface area contributed by atoms with Crippen LogP contribution in [0.1, 0.15) is 10.6 Å². The maximum atomic E-state index is 11.4. The summed E-state index contributed by atoms with van der Waals surface area (Å²) < 4.78 is 10.1. The third-order valence-corrected chi connectivity index (χ3v) is 2.73. The number of esters is 1. The van der Waals surface area contributed by atoms with E-state index in [-0.39, 0.29) is 11.9 Å². The van der Waals surface area contributed by atoms with Gasteiger partial charge in [0.2, 0.25) is 5.82 Å². The van der Waals surface area contributed by atoms with E-state index in [4.69, 9.17) is 10.5 Å². The first-order valence-corrected chi connectivity index (χ1v) is 5.72. The summed E-state index contributed by atoms with van der Waals surface area (Å²) >= 11 is 0. The topological polar surface area (TPSA) is 90.6 Å². The van der Waals surface area contributed by atoms with Crippen molar-refractivity contribution in [1.29, 1.82) is 0 Å². The first-order chi connectivity index (χ1) is 8.74. The normalized spacial score (nSPS) is 19.7. The van der Waals surface area contributed by atoms with Crippen molar-refractivity contribution >= 4 is 11.8 Å². The van der Waals surface area contributed by atoms with Crippen LogP contribution in [-0.4, -0.2) is 55.4 Å². The Morgan fingerprint density at radius 1 is 1.72 bits per heavy atom. The van der Waals surface area contributed by atoms with Gasteiger partial charge in [-0.05, 0) is 6.07 Å². The first kappa shape index (κ1) is 12.7. The SMILES string of the molecule is COC(=O)c1nccc(N2CCOC(CN)C2)n1. The van der Waals surface area contributed by atoms with Crippen LogP contribution in [0.15, 0.2) is 12.3 Å². The van der Waals surface area contributed by atoms with Gasteiger partial charge in [-0.15, -0.1) is 0 Å². The van der Waals surface area contributed by atoms with Gasteiger partial charge < -0.3 is 20.1 Å². The summed E-state index contributed by atoms with van der Waals surface area (Å²) in [5.41, 5.74) is 5.58. The number of carbonyl (C=O) groups excluding carboxylic acids is 1. The van der Waals surface area contributed by atoms with E-state index in [0.29, 0.717) is 32.1 Å². The number of aromatic nitrogens is 2. The lowest BCUT2D eigenvalue weighted by molar-refractivity contribution is 0.0462. The summed E-state index contributed by atoms with van der Waals surface area (Å²) in [6, 6.07) is 1.76. The van der Waals surface area contributed by atoms with Crippen molar-refractivity contribution in [1.82, 2.24) is 9.97 Å². The molecular weight excluding hydrogens is 236 g/mol. The molecule has 0 amide bonds. The van der Waals surface area contributed by atoms with Crippen LogP contribution >= 0.6 is 0 Å². The van der Waals surface area contributed by atoms with Crippen molar-refractivity contribution in [2.75, 3.05) is 38.3 Å². The Morgan fingerprint density at radius 2 is 2.56 bits per heavy atom. The van der Waals surface area contributed by atoms with Crippen molar-refractivity contribution in [2.24, 2.45) is 5.73 Å². The van der Waals surface area contributed by atoms with Crippen molar-refractivity contribution in [3.63, 3.8) is 0 Å². The number of morpholine rings is 1. The zero-order valence-corrected chi connectivity index (χ0v) is 10.2. The van der Waals surface area contributed by atoms with E-state index in [1.54, 1.807) is 12.3 Å². The van der Waals surface area contributed by atoms with Crippen molar-refractivity contribution < 1.29 is 14.3 Å². The van der Waals surface area contributed by atoms with E-state index in [2.05, 4.69) is 14.7 Å². The fourth-order valence-corrected chi connectivity index (χ4v) is 1.78. The van der Waals surface area contributed by atoms with Gasteiger partial charge in [0.25, 0.3) is 0 Å². The molecule has 7 heteroatoms. The second-order valence-electron chi connectivity index (χ2n) is 3.90. The summed E-state index contributed by atoms with van der Waals surface area (Å²) in [5, 5.41) is 0. The van der Waals surface area contributed by atoms with Crippen LogP contribution in [0.25, 0.3) is 0 Å². The second kappa shape index (κ2) is 5.74. The molecular formula is C11H16N4O3. The molecule has 1 atom stereocenters. The standard InChI is InChI=1S/C11H16N4O3/c1-17-11(16)10-13-3-2-9(14-10)15-4-5-18-8(6-12)7-15/h2-3,8H,4-7,12H2,1H3. The van der Waals surface area contributed by atoms with E-state index in [0.717, 1.165) is 0 Å². The molecule has 0 aliphatic carbocycles. The number of nitrogens with zero attached hydrogens (tertiary/aromatic N) is 3. The summed E-state index contributed by atoms with van der Waals surface area (Å²) in [4.78, 5) is 21.4. The number of hydrogen-bond acceptors (Lipinski definition) is 7. The second-order valence-corrected chi connectivity index (χ2v) is 3.90. The molecule has 2 rings (SSSR count). The molecule has 98 valence electrons. The van der Waals surface area contributed by atoms with Crippen LogP contribution in [0.5, 0.6) is 0 Å². The van der Waals surface area contributed by atoms with Crippen LogP contribution in [0.2, 0.25) is 0 Å². The molecule has 18 heavy (non-hydrogen) atoms. The summed E-state index contributed by atoms with van der Waals surface area (Å²) in [5.74, 6) is 0.207. The average Bonchev–Trinajstić information content (AvgIpc) is 2.46. The van der Waals surface area contributed by atoms with Crippen LogP contribution in [-0.2, 0) is 9.47 Å². The molecule has 0 spiro atoms. The number of methoxy groups -OCH3 is 1. The Kier molecular flexibility index (Phi) is 4.06. The molecule has 0 saturated carbocycles. The molecule has 1 saturated heterocycles. The van der Waals surface area contributed by atoms with Gasteiger partial charge in [-0.3, -0.25) is 0 Å². The van der Waals surface area contributed by atoms with Gasteiger partial charge in [0.15, 0.2) is 0 Å². The number of anilines is 1. The lowest BCUT2D eigenvalue weighted by Gasteiger charge is -2.33. The maximum absolute atomic E-state index is 11.4. The molecule has 0 bridgehead atoms. The molecule has 2 N–H and O–H groups in total. The monoisotopic (exact) mass is 252 g/mol. The lowest BCUT2D eigenvalue weighted by atomic mass is 10.2. The number of ether oxygens (including phenoxy) is 2. The highest BCUT2D eigenvalue weighted by Crippen LogP contribution is 2.14. The quantitative estimate of drug-likeness (QED) is 0.720. The van der Waals surface area contributed by atoms with Crippen molar-refractivity contribution in [3.8, 4) is 0 Å². The molecule has 1 aromatic heterocycles. The highest BCUT2D eigenvalue weighted by molar-refractivity contribution is 5.85. The number of rotatable bonds is 3. The number of nitrogens with two attached hydrogens (primary N) is 1. The molecule has 2 heterocycles. The smallest absolute Gasteiger partial charge is 0.376 e. The van der Waals surface area contributed by atoms with E-state index < -0.39 is 5.97 Å². The van der Waals surface area contributed by atoms with Gasteiger partial charge in [0.1, 0.15) is 5.82 Å². The molecule has 1 aliphatic heterocycles. The Balaban J connectivity index is 2.15. The largest absolute Gasteiger partial charge is 0.463 e. The van der Waals surface area contributed by atoms with Crippen molar-refractivity contribution in [3.05, 3.63) is 18.1 Å². The van der Waals surface area contributed by atoms with E-state index in [1.165, 1.54) is 7.11 Å². The fourth-order valence-electron chi connectivity index (χ4n) is 1.78. The van der Waals surface area contributed by atoms with Gasteiger partial charge in [-0.25, -0.2) is 14.8 Å². The maximum Gasteiger partial charge on any atom is 0.376 e. The van der Waals surface area contributed by atoms with Crippen LogP contribution in [0.3, 0.4) is 0 Å². The van der Waals surface area contributed by atoms with Crippen molar-refractivity contribution in [2.45, 2.75) is 6.10 Å². The minimum absolute atomic E-state index is 0.00436. The Labute approximate surface area is 105 Å². The zero-order chi connectivity index (χ0) is 13.0. The number of carbonyl (C=O) groups is 1. The molecule has 1 unspecified atom stereocenters. The van der Waals surface area contributed by atoms with E-state index >= 15 is 0 Å². The fraction of sp³-hybridized carbons (Fsp3) is 0.545. The van der Waals surface area contributed by atoms with Gasteiger partial charge in [-0.1, -0.05) is 0 Å². The third kappa shape index (κ3) is 2.74. The summed E-state index contributed by atoms with van der Waals surface area (Å²) in [6.07, 6.45) is 1.54. The van der Waals surface area contributed by atoms with Gasteiger partial charge in [-0.2, -0.15) is 0 Å². The van der Waals surface area contributed by atoms with Crippen LogP contribution < -0.4 is 10.6 Å².